The van der Waals surface area contributed by atoms with Gasteiger partial charge in [-0.2, -0.15) is 0 Å². The van der Waals surface area contributed by atoms with E-state index in [1.165, 1.54) is 13.3 Å². The van der Waals surface area contributed by atoms with Gasteiger partial charge in [0.2, 0.25) is 0 Å². The van der Waals surface area contributed by atoms with E-state index in [0.717, 1.165) is 5.56 Å². The summed E-state index contributed by atoms with van der Waals surface area (Å²) in [6, 6.07) is 22.6. The van der Waals surface area contributed by atoms with Crippen molar-refractivity contribution in [3.05, 3.63) is 107 Å². The number of ether oxygens (including phenoxy) is 1. The van der Waals surface area contributed by atoms with Gasteiger partial charge in [0, 0.05) is 23.5 Å². The number of hydrogen-bond donors (Lipinski definition) is 4. The van der Waals surface area contributed by atoms with Gasteiger partial charge in [-0.3, -0.25) is 10.2 Å². The molecule has 0 aromatic heterocycles. The van der Waals surface area contributed by atoms with Gasteiger partial charge < -0.3 is 20.9 Å². The molecule has 1 unspecified atom stereocenters. The molecule has 1 atom stereocenters. The third-order valence-corrected chi connectivity index (χ3v) is 4.85. The number of aliphatic hydroxyl groups is 1. The summed E-state index contributed by atoms with van der Waals surface area (Å²) in [4.78, 5) is 13.6. The summed E-state index contributed by atoms with van der Waals surface area (Å²) < 4.78 is 5.31. The Kier molecular flexibility index (Phi) is 7.19. The van der Waals surface area contributed by atoms with Crippen LogP contribution < -0.4 is 15.8 Å². The molecule has 31 heavy (non-hydrogen) atoms. The van der Waals surface area contributed by atoms with Crippen LogP contribution in [0.5, 0.6) is 5.75 Å². The zero-order valence-electron chi connectivity index (χ0n) is 17.2. The lowest BCUT2D eigenvalue weighted by atomic mass is 9.92. The Morgan fingerprint density at radius 2 is 1.74 bits per heavy atom. The average Bonchev–Trinajstić information content (AvgIpc) is 2.83. The Balaban J connectivity index is 2.00. The molecular weight excluding hydrogens is 390 g/mol. The van der Waals surface area contributed by atoms with Crippen molar-refractivity contribution in [2.75, 3.05) is 12.4 Å². The van der Waals surface area contributed by atoms with Crippen molar-refractivity contribution < 1.29 is 14.6 Å². The molecule has 0 aliphatic rings. The number of benzene rings is 3. The summed E-state index contributed by atoms with van der Waals surface area (Å²) in [5.74, 6) is 0.218. The van der Waals surface area contributed by atoms with Gasteiger partial charge in [-0.05, 0) is 23.3 Å². The second-order valence-corrected chi connectivity index (χ2v) is 6.90. The maximum absolute atomic E-state index is 13.6. The minimum absolute atomic E-state index is 0.0533. The van der Waals surface area contributed by atoms with Crippen LogP contribution in [-0.2, 0) is 11.4 Å². The third kappa shape index (κ3) is 5.18. The molecule has 6 nitrogen and oxygen atoms in total. The van der Waals surface area contributed by atoms with Gasteiger partial charge >= 0.3 is 0 Å². The number of aliphatic hydroxyl groups excluding tert-OH is 1. The topological polar surface area (TPSA) is 108 Å². The van der Waals surface area contributed by atoms with E-state index in [2.05, 4.69) is 5.32 Å². The summed E-state index contributed by atoms with van der Waals surface area (Å²) in [5.41, 5.74) is 8.54. The van der Waals surface area contributed by atoms with Gasteiger partial charge in [0.15, 0.2) is 5.78 Å². The molecule has 0 spiro atoms. The molecule has 0 heterocycles. The number of methoxy groups -OCH3 is 1. The predicted octanol–water partition coefficient (Wildman–Crippen LogP) is 3.82. The Morgan fingerprint density at radius 3 is 2.32 bits per heavy atom. The van der Waals surface area contributed by atoms with E-state index >= 15 is 0 Å². The second kappa shape index (κ2) is 10.2. The molecular formula is C25H25N3O3. The Labute approximate surface area is 181 Å². The van der Waals surface area contributed by atoms with Crippen molar-refractivity contribution in [3.63, 3.8) is 0 Å². The molecule has 0 saturated carbocycles. The van der Waals surface area contributed by atoms with Gasteiger partial charge in [-0.15, -0.1) is 0 Å². The highest BCUT2D eigenvalue weighted by atomic mass is 16.5. The quantitative estimate of drug-likeness (QED) is 0.314. The van der Waals surface area contributed by atoms with Crippen molar-refractivity contribution in [2.24, 2.45) is 5.73 Å². The number of carbonyl (C=O) groups excluding carboxylic acids is 1. The maximum atomic E-state index is 13.6. The van der Waals surface area contributed by atoms with Crippen LogP contribution in [0.4, 0.5) is 5.69 Å². The molecule has 0 aliphatic heterocycles. The molecule has 3 aromatic rings. The number of nitrogens with one attached hydrogen (secondary N) is 2. The van der Waals surface area contributed by atoms with E-state index in [9.17, 15) is 9.90 Å². The number of ketones is 1. The van der Waals surface area contributed by atoms with E-state index in [0.29, 0.717) is 22.6 Å². The summed E-state index contributed by atoms with van der Waals surface area (Å²) in [6.07, 6.45) is 1.18. The first kappa shape index (κ1) is 21.8. The zero-order chi connectivity index (χ0) is 22.2. The summed E-state index contributed by atoms with van der Waals surface area (Å²) in [5, 5.41) is 21.3. The van der Waals surface area contributed by atoms with Crippen molar-refractivity contribution in [1.82, 2.24) is 0 Å². The molecule has 0 fully saturated rings. The van der Waals surface area contributed by atoms with Gasteiger partial charge in [-0.1, -0.05) is 60.7 Å². The van der Waals surface area contributed by atoms with Crippen molar-refractivity contribution in [1.29, 1.82) is 5.41 Å². The SMILES string of the molecule is COc1cc(CO)cc(NC(C(=O)/C(=C/N)C(=N)c2ccccc2)c2ccccc2)c1. The first-order valence-corrected chi connectivity index (χ1v) is 9.78. The van der Waals surface area contributed by atoms with E-state index in [-0.39, 0.29) is 23.7 Å². The largest absolute Gasteiger partial charge is 0.497 e. The smallest absolute Gasteiger partial charge is 0.193 e. The van der Waals surface area contributed by atoms with Crippen LogP contribution in [-0.4, -0.2) is 23.7 Å². The van der Waals surface area contributed by atoms with Crippen molar-refractivity contribution >= 4 is 17.2 Å². The molecule has 3 rings (SSSR count). The standard InChI is InChI=1S/C25H25N3O3/c1-31-21-13-17(16-29)12-20(14-21)28-24(19-10-6-3-7-11-19)25(30)22(15-26)23(27)18-8-4-2-5-9-18/h2-15,24,27-29H,16,26H2,1H3/b22-15+,27-23?. The first-order valence-electron chi connectivity index (χ1n) is 9.78. The number of carbonyl (C=O) groups is 1. The lowest BCUT2D eigenvalue weighted by Crippen LogP contribution is -2.27. The number of Topliss-reactive ketones (excluding diaryl/α,β-unsaturated/α-hetero) is 1. The first-order chi connectivity index (χ1) is 15.1. The van der Waals surface area contributed by atoms with E-state index < -0.39 is 6.04 Å². The molecule has 0 saturated heterocycles. The minimum Gasteiger partial charge on any atom is -0.497 e. The van der Waals surface area contributed by atoms with Gasteiger partial charge in [0.1, 0.15) is 11.8 Å². The molecule has 0 bridgehead atoms. The Hall–Kier alpha value is -3.90. The monoisotopic (exact) mass is 415 g/mol. The van der Waals surface area contributed by atoms with E-state index in [1.807, 2.05) is 48.5 Å². The van der Waals surface area contributed by atoms with Crippen molar-refractivity contribution in [3.8, 4) is 5.75 Å². The van der Waals surface area contributed by atoms with Crippen LogP contribution >= 0.6 is 0 Å². The predicted molar refractivity (Wildman–Crippen MR) is 122 cm³/mol. The average molecular weight is 415 g/mol. The number of hydrogen-bond acceptors (Lipinski definition) is 6. The minimum atomic E-state index is -0.793. The highest BCUT2D eigenvalue weighted by Gasteiger charge is 2.27. The lowest BCUT2D eigenvalue weighted by molar-refractivity contribution is -0.115. The maximum Gasteiger partial charge on any atom is 0.193 e. The molecule has 0 amide bonds. The fourth-order valence-corrected chi connectivity index (χ4v) is 3.27. The van der Waals surface area contributed by atoms with E-state index in [4.69, 9.17) is 15.9 Å². The number of rotatable bonds is 9. The summed E-state index contributed by atoms with van der Waals surface area (Å²) >= 11 is 0. The lowest BCUT2D eigenvalue weighted by Gasteiger charge is -2.22. The highest BCUT2D eigenvalue weighted by Crippen LogP contribution is 2.28. The molecule has 3 aromatic carbocycles. The Bertz CT molecular complexity index is 1060. The molecule has 158 valence electrons. The number of anilines is 1. The second-order valence-electron chi connectivity index (χ2n) is 6.90. The molecule has 6 heteroatoms. The van der Waals surface area contributed by atoms with Crippen LogP contribution in [0.1, 0.15) is 22.7 Å². The highest BCUT2D eigenvalue weighted by molar-refractivity contribution is 6.28. The van der Waals surface area contributed by atoms with Gasteiger partial charge in [-0.25, -0.2) is 0 Å². The fourth-order valence-electron chi connectivity index (χ4n) is 3.27. The fraction of sp³-hybridized carbons (Fsp3) is 0.120. The Morgan fingerprint density at radius 1 is 1.10 bits per heavy atom. The van der Waals surface area contributed by atoms with Crippen LogP contribution in [0.15, 0.2) is 90.6 Å². The van der Waals surface area contributed by atoms with Crippen LogP contribution in [0.3, 0.4) is 0 Å². The van der Waals surface area contributed by atoms with Crippen LogP contribution in [0.2, 0.25) is 0 Å². The zero-order valence-corrected chi connectivity index (χ0v) is 17.2. The van der Waals surface area contributed by atoms with E-state index in [1.54, 1.807) is 30.3 Å². The summed E-state index contributed by atoms with van der Waals surface area (Å²) in [6.45, 7) is -0.164. The number of nitrogens with two attached hydrogens (primary N) is 1. The summed E-state index contributed by atoms with van der Waals surface area (Å²) in [7, 11) is 1.54. The third-order valence-electron chi connectivity index (χ3n) is 4.85. The van der Waals surface area contributed by atoms with Gasteiger partial charge in [0.25, 0.3) is 0 Å². The van der Waals surface area contributed by atoms with Crippen molar-refractivity contribution in [2.45, 2.75) is 12.6 Å². The normalized spacial score (nSPS) is 12.1. The van der Waals surface area contributed by atoms with Crippen LogP contribution in [0.25, 0.3) is 0 Å². The molecule has 0 radical (unpaired) electrons. The van der Waals surface area contributed by atoms with Gasteiger partial charge in [0.05, 0.1) is 25.0 Å². The molecule has 5 N–H and O–H groups in total. The molecule has 0 aliphatic carbocycles. The van der Waals surface area contributed by atoms with Crippen LogP contribution in [0, 0.1) is 5.41 Å².